The van der Waals surface area contributed by atoms with E-state index in [2.05, 4.69) is 0 Å². The lowest BCUT2D eigenvalue weighted by atomic mass is 10.2. The number of rotatable bonds is 4. The zero-order valence-corrected chi connectivity index (χ0v) is 6.50. The Kier molecular flexibility index (Phi) is 4.08. The van der Waals surface area contributed by atoms with E-state index in [1.165, 1.54) is 0 Å². The van der Waals surface area contributed by atoms with Gasteiger partial charge >= 0.3 is 7.60 Å². The highest BCUT2D eigenvalue weighted by atomic mass is 31.2. The lowest BCUT2D eigenvalue weighted by Crippen LogP contribution is -2.30. The van der Waals surface area contributed by atoms with Crippen LogP contribution in [0.1, 0.15) is 6.42 Å². The van der Waals surface area contributed by atoms with E-state index in [4.69, 9.17) is 21.3 Å². The van der Waals surface area contributed by atoms with Crippen LogP contribution in [0.4, 0.5) is 0 Å². The molecule has 0 saturated carbocycles. The van der Waals surface area contributed by atoms with Gasteiger partial charge in [0.2, 0.25) is 0 Å². The number of hydrogen-bond acceptors (Lipinski definition) is 3. The van der Waals surface area contributed by atoms with Crippen LogP contribution in [0.25, 0.3) is 0 Å². The summed E-state index contributed by atoms with van der Waals surface area (Å²) in [6, 6.07) is -0.298. The first-order valence-electron chi connectivity index (χ1n) is 2.96. The zero-order valence-electron chi connectivity index (χ0n) is 5.60. The van der Waals surface area contributed by atoms with Crippen molar-refractivity contribution in [3.63, 3.8) is 0 Å². The van der Waals surface area contributed by atoms with Crippen LogP contribution in [0.5, 0.6) is 0 Å². The summed E-state index contributed by atoms with van der Waals surface area (Å²) in [4.78, 5) is 16.8. The molecule has 6 heteroatoms. The average Bonchev–Trinajstić information content (AvgIpc) is 1.81. The van der Waals surface area contributed by atoms with Crippen molar-refractivity contribution in [2.75, 3.05) is 12.7 Å². The summed E-state index contributed by atoms with van der Waals surface area (Å²) in [6.07, 6.45) is 0.103. The summed E-state index contributed by atoms with van der Waals surface area (Å²) >= 11 is 0. The monoisotopic (exact) mass is 168 g/mol. The van der Waals surface area contributed by atoms with Crippen LogP contribution in [0.2, 0.25) is 0 Å². The molecule has 0 spiro atoms. The minimum Gasteiger partial charge on any atom is -0.329 e. The van der Waals surface area contributed by atoms with Gasteiger partial charge in [0.1, 0.15) is 0 Å². The van der Waals surface area contributed by atoms with Crippen LogP contribution in [0, 0.1) is 0 Å². The van der Waals surface area contributed by atoms with Crippen LogP contribution in [0.15, 0.2) is 0 Å². The predicted octanol–water partition coefficient (Wildman–Crippen LogP) is -1.16. The molecule has 0 heterocycles. The zero-order chi connectivity index (χ0) is 8.20. The van der Waals surface area contributed by atoms with E-state index in [1.54, 1.807) is 0 Å². The average molecular weight is 168 g/mol. The van der Waals surface area contributed by atoms with Crippen LogP contribution in [-0.4, -0.2) is 28.5 Å². The number of hydrogen-bond donors (Lipinski definition) is 4. The van der Waals surface area contributed by atoms with Gasteiger partial charge in [0.25, 0.3) is 0 Å². The van der Waals surface area contributed by atoms with E-state index in [0.717, 1.165) is 0 Å². The summed E-state index contributed by atoms with van der Waals surface area (Å²) in [5.41, 5.74) is 10.4. The van der Waals surface area contributed by atoms with E-state index in [-0.39, 0.29) is 25.2 Å². The minimum atomic E-state index is -3.87. The first kappa shape index (κ1) is 10.1. The van der Waals surface area contributed by atoms with Gasteiger partial charge in [-0.05, 0) is 6.42 Å². The quantitative estimate of drug-likeness (QED) is 0.396. The van der Waals surface area contributed by atoms with Crippen LogP contribution in [-0.2, 0) is 4.57 Å². The fourth-order valence-electron chi connectivity index (χ4n) is 0.452. The Bertz CT molecular complexity index is 134. The predicted molar refractivity (Wildman–Crippen MR) is 38.6 cm³/mol. The maximum Gasteiger partial charge on any atom is 0.325 e. The molecule has 0 aliphatic heterocycles. The van der Waals surface area contributed by atoms with Crippen molar-refractivity contribution in [1.29, 1.82) is 0 Å². The molecule has 0 radical (unpaired) electrons. The van der Waals surface area contributed by atoms with Gasteiger partial charge in [-0.15, -0.1) is 0 Å². The maximum atomic E-state index is 10.2. The van der Waals surface area contributed by atoms with E-state index in [1.807, 2.05) is 0 Å². The lowest BCUT2D eigenvalue weighted by molar-refractivity contribution is 0.369. The molecule has 6 N–H and O–H groups in total. The van der Waals surface area contributed by atoms with Crippen molar-refractivity contribution in [2.24, 2.45) is 11.5 Å². The molecule has 5 nitrogen and oxygen atoms in total. The first-order chi connectivity index (χ1) is 4.45. The van der Waals surface area contributed by atoms with Crippen molar-refractivity contribution in [1.82, 2.24) is 0 Å². The Labute approximate surface area is 59.6 Å². The van der Waals surface area contributed by atoms with Gasteiger partial charge in [-0.2, -0.15) is 0 Å². The molecule has 1 unspecified atom stereocenters. The molecular formula is C4H13N2O3P. The molecule has 0 amide bonds. The Balaban J connectivity index is 3.46. The molecule has 0 aromatic rings. The molecular weight excluding hydrogens is 155 g/mol. The molecule has 0 aromatic carbocycles. The highest BCUT2D eigenvalue weighted by Crippen LogP contribution is 2.34. The largest absolute Gasteiger partial charge is 0.329 e. The van der Waals surface area contributed by atoms with Crippen molar-refractivity contribution < 1.29 is 14.4 Å². The first-order valence-corrected chi connectivity index (χ1v) is 4.75. The Morgan fingerprint density at radius 1 is 1.50 bits per heavy atom. The third kappa shape index (κ3) is 6.19. The second-order valence-corrected chi connectivity index (χ2v) is 3.95. The second-order valence-electron chi connectivity index (χ2n) is 2.17. The molecule has 0 aliphatic carbocycles. The summed E-state index contributed by atoms with van der Waals surface area (Å²) in [5, 5.41) is 0. The molecule has 0 aliphatic rings. The van der Waals surface area contributed by atoms with Gasteiger partial charge in [-0.1, -0.05) is 0 Å². The maximum absolute atomic E-state index is 10.2. The Morgan fingerprint density at radius 3 is 2.30 bits per heavy atom. The molecule has 1 atom stereocenters. The summed E-state index contributed by atoms with van der Waals surface area (Å²) < 4.78 is 10.2. The van der Waals surface area contributed by atoms with Gasteiger partial charge in [-0.3, -0.25) is 4.57 Å². The van der Waals surface area contributed by atoms with Gasteiger partial charge in [0.15, 0.2) is 0 Å². The molecule has 0 rings (SSSR count). The Hall–Kier alpha value is 0.0700. The van der Waals surface area contributed by atoms with Gasteiger partial charge in [0, 0.05) is 12.6 Å². The SMILES string of the molecule is NCC(N)CCP(=O)(O)O. The topological polar surface area (TPSA) is 110 Å². The van der Waals surface area contributed by atoms with Crippen LogP contribution in [0.3, 0.4) is 0 Å². The smallest absolute Gasteiger partial charge is 0.325 e. The number of nitrogens with two attached hydrogens (primary N) is 2. The van der Waals surface area contributed by atoms with Crippen molar-refractivity contribution in [3.8, 4) is 0 Å². The molecule has 10 heavy (non-hydrogen) atoms. The second kappa shape index (κ2) is 4.05. The summed E-state index contributed by atoms with van der Waals surface area (Å²) in [5.74, 6) is 0. The van der Waals surface area contributed by atoms with Crippen molar-refractivity contribution >= 4 is 7.60 Å². The van der Waals surface area contributed by atoms with Crippen molar-refractivity contribution in [3.05, 3.63) is 0 Å². The van der Waals surface area contributed by atoms with E-state index in [0.29, 0.717) is 0 Å². The fourth-order valence-corrected chi connectivity index (χ4v) is 1.12. The molecule has 0 fully saturated rings. The normalized spacial score (nSPS) is 15.2. The van der Waals surface area contributed by atoms with Crippen LogP contribution >= 0.6 is 7.60 Å². The Morgan fingerprint density at radius 2 is 2.00 bits per heavy atom. The highest BCUT2D eigenvalue weighted by Gasteiger charge is 2.13. The third-order valence-corrected chi connectivity index (χ3v) is 1.93. The fraction of sp³-hybridized carbons (Fsp3) is 1.00. The molecule has 62 valence electrons. The summed E-state index contributed by atoms with van der Waals surface area (Å²) in [7, 11) is -3.87. The lowest BCUT2D eigenvalue weighted by Gasteiger charge is -2.08. The standard InChI is InChI=1S/C4H13N2O3P/c5-3-4(6)1-2-10(7,8)9/h4H,1-3,5-6H2,(H2,7,8,9). The van der Waals surface area contributed by atoms with E-state index < -0.39 is 7.60 Å². The van der Waals surface area contributed by atoms with E-state index >= 15 is 0 Å². The molecule has 0 saturated heterocycles. The van der Waals surface area contributed by atoms with Crippen molar-refractivity contribution in [2.45, 2.75) is 12.5 Å². The van der Waals surface area contributed by atoms with Gasteiger partial charge in [-0.25, -0.2) is 0 Å². The van der Waals surface area contributed by atoms with Gasteiger partial charge in [0.05, 0.1) is 6.16 Å². The molecule has 0 bridgehead atoms. The summed E-state index contributed by atoms with van der Waals surface area (Å²) in [6.45, 7) is 0.264. The minimum absolute atomic E-state index is 0.175. The van der Waals surface area contributed by atoms with Gasteiger partial charge < -0.3 is 21.3 Å². The van der Waals surface area contributed by atoms with Crippen LogP contribution < -0.4 is 11.5 Å². The molecule has 0 aromatic heterocycles. The highest BCUT2D eigenvalue weighted by molar-refractivity contribution is 7.51. The van der Waals surface area contributed by atoms with E-state index in [9.17, 15) is 4.57 Å². The third-order valence-electron chi connectivity index (χ3n) is 1.09.